The summed E-state index contributed by atoms with van der Waals surface area (Å²) in [5.74, 6) is -0.269. The summed E-state index contributed by atoms with van der Waals surface area (Å²) in [7, 11) is 0. The van der Waals surface area contributed by atoms with Gasteiger partial charge in [-0.1, -0.05) is 11.6 Å². The summed E-state index contributed by atoms with van der Waals surface area (Å²) < 4.78 is 1.41. The molecule has 0 unspecified atom stereocenters. The monoisotopic (exact) mass is 285 g/mol. The van der Waals surface area contributed by atoms with Gasteiger partial charge in [0.2, 0.25) is 5.91 Å². The average molecular weight is 286 g/mol. The number of anilines is 1. The highest BCUT2D eigenvalue weighted by Crippen LogP contribution is 2.21. The van der Waals surface area contributed by atoms with Gasteiger partial charge in [0.1, 0.15) is 18.1 Å². The highest BCUT2D eigenvalue weighted by Gasteiger charge is 2.14. The van der Waals surface area contributed by atoms with Crippen LogP contribution in [0.2, 0.25) is 5.02 Å². The van der Waals surface area contributed by atoms with Crippen LogP contribution in [0.15, 0.2) is 30.5 Å². The van der Waals surface area contributed by atoms with Gasteiger partial charge < -0.3 is 5.32 Å². The summed E-state index contributed by atoms with van der Waals surface area (Å²) in [6.45, 7) is 0. The lowest BCUT2D eigenvalue weighted by atomic mass is 10.3. The van der Waals surface area contributed by atoms with E-state index in [0.717, 1.165) is 0 Å². The van der Waals surface area contributed by atoms with Gasteiger partial charge in [0.25, 0.3) is 0 Å². The van der Waals surface area contributed by atoms with E-state index in [4.69, 9.17) is 22.1 Å². The molecule has 1 aromatic carbocycles. The van der Waals surface area contributed by atoms with Crippen LogP contribution in [-0.2, 0) is 4.79 Å². The lowest BCUT2D eigenvalue weighted by molar-refractivity contribution is -0.115. The first-order valence-corrected chi connectivity index (χ1v) is 5.94. The third-order valence-electron chi connectivity index (χ3n) is 2.46. The fourth-order valence-corrected chi connectivity index (χ4v) is 1.70. The molecule has 0 spiro atoms. The highest BCUT2D eigenvalue weighted by molar-refractivity contribution is 6.30. The average Bonchev–Trinajstić information content (AvgIpc) is 2.82. The molecule has 0 atom stereocenters. The molecule has 1 amide bonds. The van der Waals surface area contributed by atoms with E-state index < -0.39 is 5.91 Å². The smallest absolute Gasteiger partial charge is 0.239 e. The fraction of sp³-hybridized carbons (Fsp3) is 0.0769. The van der Waals surface area contributed by atoms with Crippen molar-refractivity contribution in [2.75, 3.05) is 5.32 Å². The molecule has 0 aliphatic carbocycles. The van der Waals surface area contributed by atoms with Gasteiger partial charge >= 0.3 is 0 Å². The molecule has 0 aliphatic heterocycles. The van der Waals surface area contributed by atoms with Gasteiger partial charge in [-0.2, -0.15) is 15.6 Å². The van der Waals surface area contributed by atoms with Crippen molar-refractivity contribution in [3.63, 3.8) is 0 Å². The summed E-state index contributed by atoms with van der Waals surface area (Å²) in [5.41, 5.74) is 0.856. The van der Waals surface area contributed by atoms with Gasteiger partial charge in [0.05, 0.1) is 18.0 Å². The number of nitrogens with one attached hydrogen (secondary N) is 1. The number of hydrogen-bond donors (Lipinski definition) is 1. The van der Waals surface area contributed by atoms with Crippen molar-refractivity contribution in [2.24, 2.45) is 0 Å². The Hall–Kier alpha value is -2.83. The van der Waals surface area contributed by atoms with E-state index in [9.17, 15) is 4.79 Å². The molecule has 1 heterocycles. The number of nitriles is 2. The van der Waals surface area contributed by atoms with Crippen molar-refractivity contribution in [1.82, 2.24) is 9.78 Å². The Kier molecular flexibility index (Phi) is 3.99. The summed E-state index contributed by atoms with van der Waals surface area (Å²) in [6, 6.07) is 10.4. The molecule has 6 nitrogen and oxygen atoms in total. The van der Waals surface area contributed by atoms with E-state index >= 15 is 0 Å². The molecule has 98 valence electrons. The number of nitrogens with zero attached hydrogens (tertiary/aromatic N) is 4. The van der Waals surface area contributed by atoms with Gasteiger partial charge in [0, 0.05) is 5.02 Å². The predicted octanol–water partition coefficient (Wildman–Crippen LogP) is 2.25. The number of amides is 1. The number of halogens is 1. The lowest BCUT2D eigenvalue weighted by Crippen LogP contribution is -2.14. The maximum absolute atomic E-state index is 11.5. The van der Waals surface area contributed by atoms with Crippen molar-refractivity contribution in [3.8, 4) is 17.8 Å². The van der Waals surface area contributed by atoms with Crippen LogP contribution in [0.4, 0.5) is 5.82 Å². The molecule has 0 saturated heterocycles. The summed E-state index contributed by atoms with van der Waals surface area (Å²) >= 11 is 5.81. The van der Waals surface area contributed by atoms with Gasteiger partial charge in [-0.3, -0.25) is 4.79 Å². The second-order valence-electron chi connectivity index (χ2n) is 3.79. The summed E-state index contributed by atoms with van der Waals surface area (Å²) in [4.78, 5) is 11.5. The number of carbonyl (C=O) groups is 1. The standard InChI is InChI=1S/C13H8ClN5O/c14-10-1-3-11(4-2-10)19-13(9(7-16)8-17-19)18-12(20)5-6-15/h1-4,8H,5H2,(H,18,20). The van der Waals surface area contributed by atoms with Crippen molar-refractivity contribution in [2.45, 2.75) is 6.42 Å². The SMILES string of the molecule is N#CCC(=O)Nc1c(C#N)cnn1-c1ccc(Cl)cc1. The second kappa shape index (κ2) is 5.87. The Morgan fingerprint density at radius 2 is 2.05 bits per heavy atom. The van der Waals surface area contributed by atoms with E-state index in [1.165, 1.54) is 10.9 Å². The number of benzene rings is 1. The molecule has 2 aromatic rings. The Labute approximate surface area is 119 Å². The quantitative estimate of drug-likeness (QED) is 0.935. The van der Waals surface area contributed by atoms with E-state index in [1.54, 1.807) is 30.3 Å². The molecule has 0 radical (unpaired) electrons. The molecule has 2 rings (SSSR count). The zero-order valence-electron chi connectivity index (χ0n) is 10.2. The Balaban J connectivity index is 2.42. The van der Waals surface area contributed by atoms with Gasteiger partial charge in [0.15, 0.2) is 5.82 Å². The van der Waals surface area contributed by atoms with E-state index in [0.29, 0.717) is 10.7 Å². The molecular weight excluding hydrogens is 278 g/mol. The van der Waals surface area contributed by atoms with Gasteiger partial charge in [-0.15, -0.1) is 0 Å². The molecule has 0 fully saturated rings. The minimum atomic E-state index is -0.500. The Bertz CT molecular complexity index is 721. The molecule has 1 aromatic heterocycles. The topological polar surface area (TPSA) is 94.5 Å². The summed E-state index contributed by atoms with van der Waals surface area (Å²) in [6.07, 6.45) is 1.05. The molecule has 7 heteroatoms. The van der Waals surface area contributed by atoms with Crippen molar-refractivity contribution in [3.05, 3.63) is 41.0 Å². The van der Waals surface area contributed by atoms with Crippen LogP contribution in [0, 0.1) is 22.7 Å². The summed E-state index contributed by atoms with van der Waals surface area (Å²) in [5, 5.41) is 24.6. The second-order valence-corrected chi connectivity index (χ2v) is 4.23. The maximum Gasteiger partial charge on any atom is 0.239 e. The molecule has 1 N–H and O–H groups in total. The van der Waals surface area contributed by atoms with Crippen LogP contribution < -0.4 is 5.32 Å². The zero-order valence-corrected chi connectivity index (χ0v) is 10.9. The first-order chi connectivity index (χ1) is 9.65. The minimum Gasteiger partial charge on any atom is -0.309 e. The molecule has 20 heavy (non-hydrogen) atoms. The van der Waals surface area contributed by atoms with Gasteiger partial charge in [-0.25, -0.2) is 4.68 Å². The first kappa shape index (κ1) is 13.6. The Morgan fingerprint density at radius 1 is 1.35 bits per heavy atom. The van der Waals surface area contributed by atoms with E-state index in [2.05, 4.69) is 10.4 Å². The van der Waals surface area contributed by atoms with E-state index in [-0.39, 0.29) is 17.8 Å². The van der Waals surface area contributed by atoms with Crippen molar-refractivity contribution in [1.29, 1.82) is 10.5 Å². The van der Waals surface area contributed by atoms with Crippen LogP contribution >= 0.6 is 11.6 Å². The Morgan fingerprint density at radius 3 is 2.65 bits per heavy atom. The normalized spacial score (nSPS) is 9.55. The highest BCUT2D eigenvalue weighted by atomic mass is 35.5. The van der Waals surface area contributed by atoms with Gasteiger partial charge in [-0.05, 0) is 24.3 Å². The fourth-order valence-electron chi connectivity index (χ4n) is 1.58. The third-order valence-corrected chi connectivity index (χ3v) is 2.71. The molecular formula is C13H8ClN5O. The minimum absolute atomic E-state index is 0.214. The predicted molar refractivity (Wildman–Crippen MR) is 72.1 cm³/mol. The number of rotatable bonds is 3. The van der Waals surface area contributed by atoms with Crippen LogP contribution in [0.1, 0.15) is 12.0 Å². The van der Waals surface area contributed by atoms with Crippen molar-refractivity contribution < 1.29 is 4.79 Å². The van der Waals surface area contributed by atoms with Crippen LogP contribution in [0.25, 0.3) is 5.69 Å². The molecule has 0 aliphatic rings. The van der Waals surface area contributed by atoms with Crippen LogP contribution in [0.5, 0.6) is 0 Å². The van der Waals surface area contributed by atoms with Crippen molar-refractivity contribution >= 4 is 23.3 Å². The van der Waals surface area contributed by atoms with E-state index in [1.807, 2.05) is 6.07 Å². The first-order valence-electron chi connectivity index (χ1n) is 5.56. The number of aromatic nitrogens is 2. The lowest BCUT2D eigenvalue weighted by Gasteiger charge is -2.08. The number of hydrogen-bond acceptors (Lipinski definition) is 4. The largest absolute Gasteiger partial charge is 0.309 e. The van der Waals surface area contributed by atoms with Crippen LogP contribution in [-0.4, -0.2) is 15.7 Å². The molecule has 0 saturated carbocycles. The van der Waals surface area contributed by atoms with Crippen LogP contribution in [0.3, 0.4) is 0 Å². The zero-order chi connectivity index (χ0) is 14.5. The maximum atomic E-state index is 11.5. The molecule has 0 bridgehead atoms. The number of carbonyl (C=O) groups excluding carboxylic acids is 1. The third kappa shape index (κ3) is 2.77.